The van der Waals surface area contributed by atoms with Crippen molar-refractivity contribution in [3.63, 3.8) is 0 Å². The van der Waals surface area contributed by atoms with E-state index in [-0.39, 0.29) is 5.75 Å². The summed E-state index contributed by atoms with van der Waals surface area (Å²) in [6, 6.07) is 6.79. The lowest BCUT2D eigenvalue weighted by atomic mass is 10.1. The first-order valence-corrected chi connectivity index (χ1v) is 6.33. The highest BCUT2D eigenvalue weighted by Gasteiger charge is 2.10. The fourth-order valence-corrected chi connectivity index (χ4v) is 2.10. The van der Waals surface area contributed by atoms with Gasteiger partial charge < -0.3 is 14.4 Å². The zero-order valence-corrected chi connectivity index (χ0v) is 11.5. The third-order valence-corrected chi connectivity index (χ3v) is 3.19. The van der Waals surface area contributed by atoms with Gasteiger partial charge in [0.1, 0.15) is 11.3 Å². The zero-order chi connectivity index (χ0) is 14.7. The summed E-state index contributed by atoms with van der Waals surface area (Å²) >= 11 is 0. The minimum absolute atomic E-state index is 0.173. The molecule has 1 aromatic carbocycles. The molecule has 5 heteroatoms. The Morgan fingerprint density at radius 2 is 2.15 bits per heavy atom. The lowest BCUT2D eigenvalue weighted by molar-refractivity contribution is 0.335. The van der Waals surface area contributed by atoms with Gasteiger partial charge in [0, 0.05) is 31.0 Å². The molecule has 2 rings (SSSR count). The number of benzene rings is 1. The summed E-state index contributed by atoms with van der Waals surface area (Å²) in [6.07, 6.45) is 0.431. The average Bonchev–Trinajstić information content (AvgIpc) is 2.38. The van der Waals surface area contributed by atoms with Crippen LogP contribution < -0.4 is 5.63 Å². The number of phenolic OH excluding ortho intramolecular Hbond substituents is 1. The first-order valence-electron chi connectivity index (χ1n) is 6.33. The highest BCUT2D eigenvalue weighted by atomic mass is 16.4. The second-order valence-corrected chi connectivity index (χ2v) is 4.87. The fraction of sp³-hybridized carbons (Fsp3) is 0.333. The first-order chi connectivity index (χ1) is 9.51. The van der Waals surface area contributed by atoms with Crippen LogP contribution in [-0.4, -0.2) is 23.6 Å². The van der Waals surface area contributed by atoms with Gasteiger partial charge in [-0.3, -0.25) is 0 Å². The molecule has 0 amide bonds. The Kier molecular flexibility index (Phi) is 4.06. The summed E-state index contributed by atoms with van der Waals surface area (Å²) in [6.45, 7) is 2.89. The van der Waals surface area contributed by atoms with Crippen molar-refractivity contribution in [2.75, 3.05) is 13.6 Å². The molecule has 0 aliphatic carbocycles. The lowest BCUT2D eigenvalue weighted by Crippen LogP contribution is -2.19. The van der Waals surface area contributed by atoms with Crippen molar-refractivity contribution >= 4 is 11.0 Å². The van der Waals surface area contributed by atoms with Crippen LogP contribution >= 0.6 is 0 Å². The van der Waals surface area contributed by atoms with Crippen molar-refractivity contribution in [1.82, 2.24) is 4.90 Å². The van der Waals surface area contributed by atoms with E-state index in [9.17, 15) is 9.90 Å². The topological polar surface area (TPSA) is 77.5 Å². The summed E-state index contributed by atoms with van der Waals surface area (Å²) in [5.41, 5.74) is 1.50. The minimum atomic E-state index is -0.411. The Morgan fingerprint density at radius 1 is 1.40 bits per heavy atom. The molecule has 0 saturated heterocycles. The van der Waals surface area contributed by atoms with E-state index in [1.807, 2.05) is 11.9 Å². The first kappa shape index (κ1) is 14.1. The second-order valence-electron chi connectivity index (χ2n) is 4.87. The van der Waals surface area contributed by atoms with Crippen molar-refractivity contribution in [2.45, 2.75) is 19.9 Å². The maximum absolute atomic E-state index is 11.6. The van der Waals surface area contributed by atoms with Crippen LogP contribution in [0.4, 0.5) is 0 Å². The van der Waals surface area contributed by atoms with Crippen LogP contribution in [0, 0.1) is 18.3 Å². The molecule has 104 valence electrons. The molecular formula is C15H16N2O3. The molecular weight excluding hydrogens is 256 g/mol. The van der Waals surface area contributed by atoms with E-state index in [1.54, 1.807) is 19.1 Å². The number of aromatic hydroxyl groups is 1. The van der Waals surface area contributed by atoms with Crippen LogP contribution in [0.1, 0.15) is 17.5 Å². The molecule has 0 spiro atoms. The molecule has 1 aromatic heterocycles. The molecule has 0 fully saturated rings. The largest absolute Gasteiger partial charge is 0.508 e. The van der Waals surface area contributed by atoms with Crippen molar-refractivity contribution in [2.24, 2.45) is 0 Å². The number of aryl methyl sites for hydroxylation is 1. The zero-order valence-electron chi connectivity index (χ0n) is 11.5. The Balaban J connectivity index is 2.44. The molecule has 2 aromatic rings. The van der Waals surface area contributed by atoms with Gasteiger partial charge in [-0.2, -0.15) is 5.26 Å². The Hall–Kier alpha value is -2.32. The SMILES string of the molecule is Cc1cc2oc(=O)cc(CN(C)CCC#N)c2cc1O. The van der Waals surface area contributed by atoms with Gasteiger partial charge in [-0.05, 0) is 37.2 Å². The third kappa shape index (κ3) is 2.98. The predicted octanol–water partition coefficient (Wildman–Crippen LogP) is 2.15. The summed E-state index contributed by atoms with van der Waals surface area (Å²) in [5, 5.41) is 19.1. The highest BCUT2D eigenvalue weighted by Crippen LogP contribution is 2.26. The minimum Gasteiger partial charge on any atom is -0.508 e. The van der Waals surface area contributed by atoms with E-state index in [1.165, 1.54) is 6.07 Å². The molecule has 5 nitrogen and oxygen atoms in total. The van der Waals surface area contributed by atoms with Crippen LogP contribution in [0.5, 0.6) is 5.75 Å². The molecule has 0 unspecified atom stereocenters. The Labute approximate surface area is 116 Å². The summed E-state index contributed by atoms with van der Waals surface area (Å²) in [4.78, 5) is 13.5. The second kappa shape index (κ2) is 5.76. The van der Waals surface area contributed by atoms with Crippen LogP contribution in [0.3, 0.4) is 0 Å². The summed E-state index contributed by atoms with van der Waals surface area (Å²) in [5.74, 6) is 0.173. The van der Waals surface area contributed by atoms with Gasteiger partial charge in [0.15, 0.2) is 0 Å². The quantitative estimate of drug-likeness (QED) is 0.863. The van der Waals surface area contributed by atoms with E-state index in [0.29, 0.717) is 30.7 Å². The van der Waals surface area contributed by atoms with Crippen molar-refractivity contribution < 1.29 is 9.52 Å². The summed E-state index contributed by atoms with van der Waals surface area (Å²) < 4.78 is 5.16. The van der Waals surface area contributed by atoms with E-state index >= 15 is 0 Å². The van der Waals surface area contributed by atoms with Gasteiger partial charge >= 0.3 is 5.63 Å². The van der Waals surface area contributed by atoms with Crippen LogP contribution in [-0.2, 0) is 6.54 Å². The molecule has 0 radical (unpaired) electrons. The van der Waals surface area contributed by atoms with Crippen LogP contribution in [0.2, 0.25) is 0 Å². The maximum Gasteiger partial charge on any atom is 0.336 e. The predicted molar refractivity (Wildman–Crippen MR) is 75.4 cm³/mol. The molecule has 0 atom stereocenters. The number of hydrogen-bond donors (Lipinski definition) is 1. The van der Waals surface area contributed by atoms with Gasteiger partial charge in [0.05, 0.1) is 6.07 Å². The Bertz CT molecular complexity index is 728. The van der Waals surface area contributed by atoms with E-state index in [0.717, 1.165) is 10.9 Å². The molecule has 20 heavy (non-hydrogen) atoms. The standard InChI is InChI=1S/C15H16N2O3/c1-10-6-14-12(8-13(10)18)11(7-15(19)20-14)9-17(2)5-3-4-16/h6-8,18H,3,5,9H2,1-2H3. The van der Waals surface area contributed by atoms with Crippen molar-refractivity contribution in [3.8, 4) is 11.8 Å². The number of phenols is 1. The molecule has 1 heterocycles. The van der Waals surface area contributed by atoms with Crippen LogP contribution in [0.15, 0.2) is 27.4 Å². The number of fused-ring (bicyclic) bond motifs is 1. The van der Waals surface area contributed by atoms with Gasteiger partial charge in [0.2, 0.25) is 0 Å². The average molecular weight is 272 g/mol. The summed E-state index contributed by atoms with van der Waals surface area (Å²) in [7, 11) is 1.88. The van der Waals surface area contributed by atoms with Gasteiger partial charge in [0.25, 0.3) is 0 Å². The van der Waals surface area contributed by atoms with Crippen molar-refractivity contribution in [1.29, 1.82) is 5.26 Å². The van der Waals surface area contributed by atoms with Crippen LogP contribution in [0.25, 0.3) is 11.0 Å². The lowest BCUT2D eigenvalue weighted by Gasteiger charge is -2.16. The molecule has 0 bridgehead atoms. The number of nitrogens with zero attached hydrogens (tertiary/aromatic N) is 2. The number of hydrogen-bond acceptors (Lipinski definition) is 5. The molecule has 1 N–H and O–H groups in total. The van der Waals surface area contributed by atoms with Crippen molar-refractivity contribution in [3.05, 3.63) is 39.7 Å². The van der Waals surface area contributed by atoms with Gasteiger partial charge in [-0.15, -0.1) is 0 Å². The van der Waals surface area contributed by atoms with E-state index in [2.05, 4.69) is 6.07 Å². The maximum atomic E-state index is 11.6. The third-order valence-electron chi connectivity index (χ3n) is 3.19. The molecule has 0 aliphatic rings. The van der Waals surface area contributed by atoms with E-state index < -0.39 is 5.63 Å². The molecule has 0 saturated carbocycles. The number of rotatable bonds is 4. The Morgan fingerprint density at radius 3 is 2.85 bits per heavy atom. The van der Waals surface area contributed by atoms with E-state index in [4.69, 9.17) is 9.68 Å². The highest BCUT2D eigenvalue weighted by molar-refractivity contribution is 5.82. The fourth-order valence-electron chi connectivity index (χ4n) is 2.10. The van der Waals surface area contributed by atoms with Gasteiger partial charge in [-0.1, -0.05) is 0 Å². The molecule has 0 aliphatic heterocycles. The normalized spacial score (nSPS) is 10.9. The smallest absolute Gasteiger partial charge is 0.336 e. The number of nitriles is 1. The van der Waals surface area contributed by atoms with Gasteiger partial charge in [-0.25, -0.2) is 4.79 Å². The monoisotopic (exact) mass is 272 g/mol.